The number of carboxylic acid groups (broad SMARTS) is 1. The zero-order chi connectivity index (χ0) is 15.7. The number of anilines is 1. The molecule has 1 heterocycles. The van der Waals surface area contributed by atoms with Crippen molar-refractivity contribution in [3.63, 3.8) is 0 Å². The predicted molar refractivity (Wildman–Crippen MR) is 81.6 cm³/mol. The Morgan fingerprint density at radius 1 is 1.14 bits per heavy atom. The van der Waals surface area contributed by atoms with Crippen LogP contribution in [0.5, 0.6) is 5.75 Å². The molecule has 0 unspecified atom stereocenters. The highest BCUT2D eigenvalue weighted by Crippen LogP contribution is 2.34. The highest BCUT2D eigenvalue weighted by molar-refractivity contribution is 6.34. The van der Waals surface area contributed by atoms with Crippen LogP contribution in [-0.2, 0) is 4.79 Å². The first-order valence-corrected chi connectivity index (χ1v) is 7.00. The molecule has 1 aliphatic rings. The molecule has 112 valence electrons. The molecule has 22 heavy (non-hydrogen) atoms. The molecule has 2 aromatic rings. The molecule has 0 aliphatic carbocycles. The highest BCUT2D eigenvalue weighted by atomic mass is 35.5. The maximum absolute atomic E-state index is 12.7. The van der Waals surface area contributed by atoms with Crippen molar-refractivity contribution in [2.24, 2.45) is 0 Å². The van der Waals surface area contributed by atoms with E-state index >= 15 is 0 Å². The van der Waals surface area contributed by atoms with E-state index in [9.17, 15) is 14.7 Å². The van der Waals surface area contributed by atoms with Gasteiger partial charge < -0.3 is 14.7 Å². The van der Waals surface area contributed by atoms with Crippen LogP contribution in [0.25, 0.3) is 0 Å². The Bertz CT molecular complexity index is 746. The van der Waals surface area contributed by atoms with E-state index in [1.807, 2.05) is 0 Å². The molecule has 2 aromatic carbocycles. The fraction of sp³-hybridized carbons (Fsp3) is 0.125. The number of nitrogens with zero attached hydrogens (tertiary/aromatic N) is 1. The molecule has 5 nitrogen and oxygen atoms in total. The molecule has 6 heteroatoms. The second-order valence-electron chi connectivity index (χ2n) is 4.81. The van der Waals surface area contributed by atoms with Crippen molar-refractivity contribution >= 4 is 29.2 Å². The lowest BCUT2D eigenvalue weighted by molar-refractivity contribution is -0.144. The highest BCUT2D eigenvalue weighted by Gasteiger charge is 2.34. The van der Waals surface area contributed by atoms with E-state index in [0.29, 0.717) is 22.0 Å². The number of carboxylic acids is 1. The zero-order valence-corrected chi connectivity index (χ0v) is 12.2. The zero-order valence-electron chi connectivity index (χ0n) is 11.4. The lowest BCUT2D eigenvalue weighted by atomic mass is 10.1. The fourth-order valence-corrected chi connectivity index (χ4v) is 2.55. The molecule has 0 bridgehead atoms. The Morgan fingerprint density at radius 3 is 2.55 bits per heavy atom. The normalized spacial score (nSPS) is 16.6. The van der Waals surface area contributed by atoms with Gasteiger partial charge in [-0.3, -0.25) is 4.79 Å². The van der Waals surface area contributed by atoms with Gasteiger partial charge in [0.15, 0.2) is 0 Å². The number of para-hydroxylation sites is 2. The van der Waals surface area contributed by atoms with Crippen LogP contribution in [0.3, 0.4) is 0 Å². The summed E-state index contributed by atoms with van der Waals surface area (Å²) in [6.45, 7) is -0.0730. The van der Waals surface area contributed by atoms with E-state index in [-0.39, 0.29) is 12.5 Å². The molecule has 3 rings (SSSR count). The second-order valence-corrected chi connectivity index (χ2v) is 5.22. The molecule has 1 N–H and O–H groups in total. The van der Waals surface area contributed by atoms with Crippen LogP contribution in [0.1, 0.15) is 10.4 Å². The van der Waals surface area contributed by atoms with Crippen LogP contribution >= 0.6 is 11.6 Å². The number of carbonyl (C=O) groups is 2. The molecule has 0 radical (unpaired) electrons. The number of halogens is 1. The monoisotopic (exact) mass is 317 g/mol. The van der Waals surface area contributed by atoms with Gasteiger partial charge in [-0.15, -0.1) is 0 Å². The SMILES string of the molecule is O=C(O)[C@@H]1CN(C(=O)c2ccccc2Cl)c2ccccc2O1. The van der Waals surface area contributed by atoms with E-state index in [1.54, 1.807) is 48.5 Å². The van der Waals surface area contributed by atoms with Crippen molar-refractivity contribution in [3.8, 4) is 5.75 Å². The molecule has 1 amide bonds. The van der Waals surface area contributed by atoms with Gasteiger partial charge in [0.2, 0.25) is 6.10 Å². The van der Waals surface area contributed by atoms with Gasteiger partial charge in [0.1, 0.15) is 5.75 Å². The summed E-state index contributed by atoms with van der Waals surface area (Å²) in [7, 11) is 0. The maximum atomic E-state index is 12.7. The number of amides is 1. The minimum atomic E-state index is -1.12. The molecule has 1 atom stereocenters. The molecular formula is C16H12ClNO4. The van der Waals surface area contributed by atoms with Crippen molar-refractivity contribution < 1.29 is 19.4 Å². The summed E-state index contributed by atoms with van der Waals surface area (Å²) >= 11 is 6.07. The van der Waals surface area contributed by atoms with Crippen LogP contribution in [0.15, 0.2) is 48.5 Å². The van der Waals surface area contributed by atoms with Crippen molar-refractivity contribution in [2.75, 3.05) is 11.4 Å². The van der Waals surface area contributed by atoms with Gasteiger partial charge >= 0.3 is 5.97 Å². The van der Waals surface area contributed by atoms with Crippen LogP contribution in [-0.4, -0.2) is 29.6 Å². The Hall–Kier alpha value is -2.53. The molecule has 0 fully saturated rings. The Balaban J connectivity index is 2.03. The van der Waals surface area contributed by atoms with E-state index in [0.717, 1.165) is 0 Å². The predicted octanol–water partition coefficient (Wildman–Crippen LogP) is 2.83. The number of carbonyl (C=O) groups excluding carboxylic acids is 1. The average molecular weight is 318 g/mol. The Kier molecular flexibility index (Phi) is 3.73. The largest absolute Gasteiger partial charge is 0.478 e. The van der Waals surface area contributed by atoms with E-state index in [2.05, 4.69) is 0 Å². The lowest BCUT2D eigenvalue weighted by Crippen LogP contribution is -2.47. The number of hydrogen-bond donors (Lipinski definition) is 1. The van der Waals surface area contributed by atoms with Gasteiger partial charge in [0.05, 0.1) is 22.8 Å². The molecule has 0 saturated heterocycles. The number of rotatable bonds is 2. The van der Waals surface area contributed by atoms with Crippen molar-refractivity contribution in [3.05, 3.63) is 59.1 Å². The third kappa shape index (κ3) is 2.51. The van der Waals surface area contributed by atoms with Gasteiger partial charge in [0, 0.05) is 0 Å². The number of ether oxygens (including phenoxy) is 1. The van der Waals surface area contributed by atoms with E-state index < -0.39 is 12.1 Å². The smallest absolute Gasteiger partial charge is 0.346 e. The standard InChI is InChI=1S/C16H12ClNO4/c17-11-6-2-1-5-10(11)15(19)18-9-14(16(20)21)22-13-8-4-3-7-12(13)18/h1-8,14H,9H2,(H,20,21)/t14-/m0/s1. The maximum Gasteiger partial charge on any atom is 0.346 e. The van der Waals surface area contributed by atoms with Gasteiger partial charge in [-0.1, -0.05) is 35.9 Å². The summed E-state index contributed by atoms with van der Waals surface area (Å²) < 4.78 is 5.41. The number of aliphatic carboxylic acids is 1. The molecule has 0 spiro atoms. The first-order chi connectivity index (χ1) is 10.6. The van der Waals surface area contributed by atoms with Crippen LogP contribution in [0.4, 0.5) is 5.69 Å². The number of benzene rings is 2. The molecule has 1 aliphatic heterocycles. The molecular weight excluding hydrogens is 306 g/mol. The van der Waals surface area contributed by atoms with Crippen LogP contribution < -0.4 is 9.64 Å². The average Bonchev–Trinajstić information content (AvgIpc) is 2.53. The van der Waals surface area contributed by atoms with Gasteiger partial charge in [-0.05, 0) is 24.3 Å². The summed E-state index contributed by atoms with van der Waals surface area (Å²) in [5, 5.41) is 9.52. The minimum Gasteiger partial charge on any atom is -0.478 e. The van der Waals surface area contributed by atoms with Gasteiger partial charge in [0.25, 0.3) is 5.91 Å². The summed E-state index contributed by atoms with van der Waals surface area (Å²) in [4.78, 5) is 25.4. The van der Waals surface area contributed by atoms with Crippen molar-refractivity contribution in [1.29, 1.82) is 0 Å². The topological polar surface area (TPSA) is 66.8 Å². The van der Waals surface area contributed by atoms with Crippen LogP contribution in [0, 0.1) is 0 Å². The quantitative estimate of drug-likeness (QED) is 0.925. The first kappa shape index (κ1) is 14.4. The summed E-state index contributed by atoms with van der Waals surface area (Å²) in [5.41, 5.74) is 0.856. The third-order valence-corrected chi connectivity index (χ3v) is 3.73. The van der Waals surface area contributed by atoms with Gasteiger partial charge in [-0.25, -0.2) is 4.79 Å². The summed E-state index contributed by atoms with van der Waals surface area (Å²) in [6.07, 6.45) is -1.11. The van der Waals surface area contributed by atoms with Crippen molar-refractivity contribution in [1.82, 2.24) is 0 Å². The fourth-order valence-electron chi connectivity index (χ4n) is 2.34. The first-order valence-electron chi connectivity index (χ1n) is 6.63. The number of hydrogen-bond acceptors (Lipinski definition) is 3. The van der Waals surface area contributed by atoms with E-state index in [1.165, 1.54) is 4.90 Å². The van der Waals surface area contributed by atoms with Crippen LogP contribution in [0.2, 0.25) is 5.02 Å². The number of fused-ring (bicyclic) bond motifs is 1. The third-order valence-electron chi connectivity index (χ3n) is 3.40. The summed E-state index contributed by atoms with van der Waals surface area (Å²) in [5.74, 6) is -1.11. The Morgan fingerprint density at radius 2 is 1.82 bits per heavy atom. The van der Waals surface area contributed by atoms with Crippen molar-refractivity contribution in [2.45, 2.75) is 6.10 Å². The second kappa shape index (κ2) is 5.69. The minimum absolute atomic E-state index is 0.0730. The summed E-state index contributed by atoms with van der Waals surface area (Å²) in [6, 6.07) is 13.5. The van der Waals surface area contributed by atoms with E-state index in [4.69, 9.17) is 16.3 Å². The Labute approximate surface area is 131 Å². The molecule has 0 saturated carbocycles. The molecule has 0 aromatic heterocycles. The lowest BCUT2D eigenvalue weighted by Gasteiger charge is -2.33. The van der Waals surface area contributed by atoms with Gasteiger partial charge in [-0.2, -0.15) is 0 Å².